The highest BCUT2D eigenvalue weighted by Crippen LogP contribution is 2.56. The smallest absolute Gasteiger partial charge is 0.325 e. The van der Waals surface area contributed by atoms with Crippen molar-refractivity contribution in [2.75, 3.05) is 7.11 Å². The number of methoxy groups -OCH3 is 1. The third-order valence-electron chi connectivity index (χ3n) is 4.73. The zero-order valence-electron chi connectivity index (χ0n) is 14.4. The Kier molecular flexibility index (Phi) is 4.05. The molecule has 0 radical (unpaired) electrons. The Morgan fingerprint density at radius 1 is 1.19 bits per heavy atom. The molecule has 3 aromatic rings. The summed E-state index contributed by atoms with van der Waals surface area (Å²) in [5, 5.41) is 17.1. The van der Waals surface area contributed by atoms with Crippen molar-refractivity contribution in [3.8, 4) is 23.2 Å². The van der Waals surface area contributed by atoms with Crippen molar-refractivity contribution in [2.24, 2.45) is 0 Å². The summed E-state index contributed by atoms with van der Waals surface area (Å²) < 4.78 is 5.35. The molecule has 2 aromatic heterocycles. The summed E-state index contributed by atoms with van der Waals surface area (Å²) in [6.07, 6.45) is 2.24. The van der Waals surface area contributed by atoms with Crippen LogP contribution in [0.5, 0.6) is 5.88 Å². The van der Waals surface area contributed by atoms with E-state index in [-0.39, 0.29) is 17.4 Å². The Balaban J connectivity index is 1.69. The summed E-state index contributed by atoms with van der Waals surface area (Å²) in [5.74, 6) is 0.891. The van der Waals surface area contributed by atoms with Crippen molar-refractivity contribution >= 4 is 0 Å². The lowest BCUT2D eigenvalue weighted by Gasteiger charge is -2.08. The lowest BCUT2D eigenvalue weighted by molar-refractivity contribution is 0.386. The molecule has 8 nitrogen and oxygen atoms in total. The number of nitrogens with one attached hydrogen (secondary N) is 2. The number of hydrogen-bond acceptors (Lipinski definition) is 6. The van der Waals surface area contributed by atoms with Crippen molar-refractivity contribution in [2.45, 2.75) is 18.3 Å². The highest BCUT2D eigenvalue weighted by molar-refractivity contribution is 5.59. The van der Waals surface area contributed by atoms with Crippen LogP contribution in [0.1, 0.15) is 34.9 Å². The SMILES string of the molecule is COc1nnc(-c2c[nH]c(=O)[nH]c2=O)cc1[C@H]1C[C@@H]1c1ccc(C#N)cc1. The minimum Gasteiger partial charge on any atom is -0.480 e. The molecule has 134 valence electrons. The number of ether oxygens (including phenoxy) is 1. The van der Waals surface area contributed by atoms with Gasteiger partial charge in [0, 0.05) is 11.8 Å². The van der Waals surface area contributed by atoms with Gasteiger partial charge in [0.2, 0.25) is 5.88 Å². The maximum atomic E-state index is 12.0. The highest BCUT2D eigenvalue weighted by atomic mass is 16.5. The van der Waals surface area contributed by atoms with E-state index in [1.165, 1.54) is 13.3 Å². The van der Waals surface area contributed by atoms with E-state index in [2.05, 4.69) is 26.2 Å². The van der Waals surface area contributed by atoms with Gasteiger partial charge in [0.25, 0.3) is 5.56 Å². The number of nitriles is 1. The second kappa shape index (κ2) is 6.53. The monoisotopic (exact) mass is 361 g/mol. The number of rotatable bonds is 4. The summed E-state index contributed by atoms with van der Waals surface area (Å²) in [6.45, 7) is 0. The average molecular weight is 361 g/mol. The molecule has 0 saturated heterocycles. The quantitative estimate of drug-likeness (QED) is 0.728. The fraction of sp³-hybridized carbons (Fsp3) is 0.211. The highest BCUT2D eigenvalue weighted by Gasteiger charge is 2.42. The normalized spacial score (nSPS) is 17.9. The molecule has 2 heterocycles. The molecular weight excluding hydrogens is 346 g/mol. The first-order valence-electron chi connectivity index (χ1n) is 8.34. The molecule has 1 fully saturated rings. The van der Waals surface area contributed by atoms with E-state index < -0.39 is 11.2 Å². The number of benzene rings is 1. The lowest BCUT2D eigenvalue weighted by Crippen LogP contribution is -2.23. The Labute approximate surface area is 153 Å². The van der Waals surface area contributed by atoms with Gasteiger partial charge in [0.15, 0.2) is 0 Å². The molecule has 0 aliphatic heterocycles. The molecule has 27 heavy (non-hydrogen) atoms. The van der Waals surface area contributed by atoms with E-state index in [1.807, 2.05) is 12.1 Å². The second-order valence-electron chi connectivity index (χ2n) is 6.36. The molecule has 0 bridgehead atoms. The molecule has 0 amide bonds. The van der Waals surface area contributed by atoms with Gasteiger partial charge in [-0.2, -0.15) is 5.26 Å². The largest absolute Gasteiger partial charge is 0.480 e. The molecule has 8 heteroatoms. The van der Waals surface area contributed by atoms with E-state index in [9.17, 15) is 9.59 Å². The Morgan fingerprint density at radius 2 is 1.96 bits per heavy atom. The first kappa shape index (κ1) is 16.7. The van der Waals surface area contributed by atoms with Gasteiger partial charge in [-0.25, -0.2) is 4.79 Å². The number of nitrogens with zero attached hydrogens (tertiary/aromatic N) is 3. The third kappa shape index (κ3) is 3.11. The Morgan fingerprint density at radius 3 is 2.63 bits per heavy atom. The second-order valence-corrected chi connectivity index (χ2v) is 6.36. The molecule has 1 aliphatic carbocycles. The maximum absolute atomic E-state index is 12.0. The van der Waals surface area contributed by atoms with Crippen molar-refractivity contribution < 1.29 is 4.74 Å². The van der Waals surface area contributed by atoms with Gasteiger partial charge in [-0.3, -0.25) is 9.78 Å². The summed E-state index contributed by atoms with van der Waals surface area (Å²) >= 11 is 0. The van der Waals surface area contributed by atoms with Crippen molar-refractivity contribution in [1.82, 2.24) is 20.2 Å². The number of aromatic amines is 2. The molecule has 1 saturated carbocycles. The minimum atomic E-state index is -0.575. The van der Waals surface area contributed by atoms with Gasteiger partial charge in [-0.1, -0.05) is 12.1 Å². The zero-order valence-corrected chi connectivity index (χ0v) is 14.4. The van der Waals surface area contributed by atoms with Gasteiger partial charge in [-0.05, 0) is 42.0 Å². The topological polar surface area (TPSA) is 125 Å². The molecule has 2 atom stereocenters. The van der Waals surface area contributed by atoms with E-state index in [0.29, 0.717) is 17.1 Å². The van der Waals surface area contributed by atoms with Crippen LogP contribution in [0.2, 0.25) is 0 Å². The van der Waals surface area contributed by atoms with E-state index >= 15 is 0 Å². The van der Waals surface area contributed by atoms with E-state index in [4.69, 9.17) is 10.00 Å². The number of aromatic nitrogens is 4. The summed E-state index contributed by atoms with van der Waals surface area (Å²) in [7, 11) is 1.53. The Bertz CT molecular complexity index is 1160. The lowest BCUT2D eigenvalue weighted by atomic mass is 10.0. The van der Waals surface area contributed by atoms with Crippen LogP contribution in [0.4, 0.5) is 0 Å². The van der Waals surface area contributed by atoms with E-state index in [0.717, 1.165) is 17.5 Å². The van der Waals surface area contributed by atoms with Gasteiger partial charge in [-0.15, -0.1) is 10.2 Å². The predicted octanol–water partition coefficient (Wildman–Crippen LogP) is 1.67. The van der Waals surface area contributed by atoms with Crippen LogP contribution < -0.4 is 16.0 Å². The van der Waals surface area contributed by atoms with Crippen molar-refractivity contribution in [3.63, 3.8) is 0 Å². The first-order chi connectivity index (χ1) is 13.1. The molecule has 2 N–H and O–H groups in total. The van der Waals surface area contributed by atoms with Crippen LogP contribution in [0.3, 0.4) is 0 Å². The van der Waals surface area contributed by atoms with Crippen LogP contribution in [-0.2, 0) is 0 Å². The van der Waals surface area contributed by atoms with E-state index in [1.54, 1.807) is 18.2 Å². The van der Waals surface area contributed by atoms with Crippen LogP contribution in [0.15, 0.2) is 46.1 Å². The molecule has 0 spiro atoms. The van der Waals surface area contributed by atoms with Crippen LogP contribution in [0.25, 0.3) is 11.3 Å². The molecule has 4 rings (SSSR count). The fourth-order valence-corrected chi connectivity index (χ4v) is 3.26. The van der Waals surface area contributed by atoms with Crippen molar-refractivity contribution in [3.05, 3.63) is 74.1 Å². The molecular formula is C19H15N5O3. The first-order valence-corrected chi connectivity index (χ1v) is 8.34. The predicted molar refractivity (Wildman–Crippen MR) is 96.5 cm³/mol. The number of hydrogen-bond donors (Lipinski definition) is 2. The third-order valence-corrected chi connectivity index (χ3v) is 4.73. The standard InChI is InChI=1S/C19H15N5O3/c1-27-18-14(13-6-12(13)11-4-2-10(8-20)3-5-11)7-16(23-24-18)15-9-21-19(26)22-17(15)25/h2-5,7,9,12-13H,6H2,1H3,(H2,21,22,25,26)/t12-,13+/m1/s1. The zero-order chi connectivity index (χ0) is 19.0. The Hall–Kier alpha value is -3.73. The van der Waals surface area contributed by atoms with Gasteiger partial charge in [0.1, 0.15) is 5.69 Å². The fourth-order valence-electron chi connectivity index (χ4n) is 3.26. The summed E-state index contributed by atoms with van der Waals surface area (Å²) in [5.41, 5.74) is 2.13. The maximum Gasteiger partial charge on any atom is 0.325 e. The molecule has 0 unspecified atom stereocenters. The van der Waals surface area contributed by atoms with Gasteiger partial charge >= 0.3 is 5.69 Å². The molecule has 1 aliphatic rings. The summed E-state index contributed by atoms with van der Waals surface area (Å²) in [4.78, 5) is 27.9. The van der Waals surface area contributed by atoms with Gasteiger partial charge in [0.05, 0.1) is 24.3 Å². The van der Waals surface area contributed by atoms with Gasteiger partial charge < -0.3 is 9.72 Å². The number of H-pyrrole nitrogens is 2. The summed E-state index contributed by atoms with van der Waals surface area (Å²) in [6, 6.07) is 11.4. The minimum absolute atomic E-state index is 0.184. The van der Waals surface area contributed by atoms with Crippen LogP contribution in [0, 0.1) is 11.3 Å². The van der Waals surface area contributed by atoms with Crippen molar-refractivity contribution in [1.29, 1.82) is 5.26 Å². The van der Waals surface area contributed by atoms with Crippen LogP contribution in [-0.4, -0.2) is 27.3 Å². The molecule has 1 aromatic carbocycles. The van der Waals surface area contributed by atoms with Crippen LogP contribution >= 0.6 is 0 Å². The average Bonchev–Trinajstić information content (AvgIpc) is 3.48.